The molecule has 130 valence electrons. The predicted octanol–water partition coefficient (Wildman–Crippen LogP) is 1.92. The first-order valence-corrected chi connectivity index (χ1v) is 8.57. The number of fused-ring (bicyclic) bond motifs is 1. The molecule has 0 saturated carbocycles. The van der Waals surface area contributed by atoms with Gasteiger partial charge in [0.05, 0.1) is 12.5 Å². The molecule has 0 aliphatic carbocycles. The molecule has 1 atom stereocenters. The third kappa shape index (κ3) is 3.24. The molecular weight excluding hydrogens is 320 g/mol. The summed E-state index contributed by atoms with van der Waals surface area (Å²) in [5.41, 5.74) is 1.67. The van der Waals surface area contributed by atoms with E-state index >= 15 is 0 Å². The number of piperidine rings is 1. The number of oxazole rings is 1. The monoisotopic (exact) mass is 340 g/mol. The van der Waals surface area contributed by atoms with Crippen molar-refractivity contribution < 1.29 is 9.21 Å². The molecule has 0 spiro atoms. The van der Waals surface area contributed by atoms with Gasteiger partial charge in [0.15, 0.2) is 11.5 Å². The van der Waals surface area contributed by atoms with Crippen LogP contribution in [-0.2, 0) is 11.3 Å². The van der Waals surface area contributed by atoms with Crippen molar-refractivity contribution in [2.45, 2.75) is 38.6 Å². The topological polar surface area (TPSA) is 89.9 Å². The van der Waals surface area contributed by atoms with Gasteiger partial charge in [0, 0.05) is 19.5 Å². The Morgan fingerprint density at radius 1 is 1.36 bits per heavy atom. The molecule has 1 aromatic carbocycles. The maximum absolute atomic E-state index is 12.5. The average Bonchev–Trinajstić information content (AvgIpc) is 3.25. The van der Waals surface area contributed by atoms with Crippen molar-refractivity contribution in [2.24, 2.45) is 0 Å². The number of hydrogen-bond acceptors (Lipinski definition) is 6. The van der Waals surface area contributed by atoms with Crippen LogP contribution in [0.1, 0.15) is 36.9 Å². The summed E-state index contributed by atoms with van der Waals surface area (Å²) in [4.78, 5) is 19.0. The highest BCUT2D eigenvalue weighted by molar-refractivity contribution is 5.76. The molecule has 8 heteroatoms. The lowest BCUT2D eigenvalue weighted by Gasteiger charge is -2.31. The molecule has 25 heavy (non-hydrogen) atoms. The van der Waals surface area contributed by atoms with Gasteiger partial charge in [-0.15, -0.1) is 5.10 Å². The minimum absolute atomic E-state index is 0.121. The molecule has 3 aromatic rings. The van der Waals surface area contributed by atoms with Crippen molar-refractivity contribution in [2.75, 3.05) is 13.1 Å². The van der Waals surface area contributed by atoms with Crippen LogP contribution in [0.2, 0.25) is 0 Å². The van der Waals surface area contributed by atoms with Gasteiger partial charge in [0.2, 0.25) is 5.91 Å². The molecule has 1 aliphatic heterocycles. The van der Waals surface area contributed by atoms with Crippen LogP contribution in [0.4, 0.5) is 0 Å². The second kappa shape index (κ2) is 6.62. The zero-order valence-corrected chi connectivity index (χ0v) is 14.1. The number of likely N-dealkylation sites (tertiary alicyclic amines) is 1. The maximum Gasteiger partial charge on any atom is 0.224 e. The minimum atomic E-state index is 0.121. The Balaban J connectivity index is 1.41. The smallest absolute Gasteiger partial charge is 0.224 e. The van der Waals surface area contributed by atoms with E-state index in [1.165, 1.54) is 0 Å². The van der Waals surface area contributed by atoms with Crippen LogP contribution >= 0.6 is 0 Å². The molecule has 0 radical (unpaired) electrons. The minimum Gasteiger partial charge on any atom is -0.440 e. The van der Waals surface area contributed by atoms with Gasteiger partial charge in [-0.3, -0.25) is 4.79 Å². The second-order valence-corrected chi connectivity index (χ2v) is 6.40. The van der Waals surface area contributed by atoms with Gasteiger partial charge in [0.1, 0.15) is 11.3 Å². The van der Waals surface area contributed by atoms with Crippen LogP contribution in [0.5, 0.6) is 0 Å². The molecule has 1 saturated heterocycles. The van der Waals surface area contributed by atoms with Gasteiger partial charge in [0.25, 0.3) is 0 Å². The summed E-state index contributed by atoms with van der Waals surface area (Å²) >= 11 is 0. The highest BCUT2D eigenvalue weighted by Gasteiger charge is 2.28. The van der Waals surface area contributed by atoms with Gasteiger partial charge in [-0.25, -0.2) is 9.67 Å². The quantitative estimate of drug-likeness (QED) is 0.721. The SMILES string of the molecule is Cc1nnnn1CCC(=O)N1CCC[C@H](c2nc3ccccc3o2)C1. The summed E-state index contributed by atoms with van der Waals surface area (Å²) in [7, 11) is 0. The second-order valence-electron chi connectivity index (χ2n) is 6.40. The molecule has 0 bridgehead atoms. The number of para-hydroxylation sites is 2. The van der Waals surface area contributed by atoms with Crippen LogP contribution in [0, 0.1) is 6.92 Å². The van der Waals surface area contributed by atoms with E-state index in [2.05, 4.69) is 20.5 Å². The van der Waals surface area contributed by atoms with Crippen molar-refractivity contribution in [3.05, 3.63) is 36.0 Å². The molecule has 1 aliphatic rings. The largest absolute Gasteiger partial charge is 0.440 e. The maximum atomic E-state index is 12.5. The molecule has 1 amide bonds. The van der Waals surface area contributed by atoms with Crippen LogP contribution in [0.3, 0.4) is 0 Å². The first-order valence-electron chi connectivity index (χ1n) is 8.57. The summed E-state index contributed by atoms with van der Waals surface area (Å²) < 4.78 is 7.54. The molecule has 2 aromatic heterocycles. The Kier molecular flexibility index (Phi) is 4.17. The fourth-order valence-corrected chi connectivity index (χ4v) is 3.29. The van der Waals surface area contributed by atoms with Gasteiger partial charge >= 0.3 is 0 Å². The van der Waals surface area contributed by atoms with E-state index < -0.39 is 0 Å². The molecule has 1 fully saturated rings. The summed E-state index contributed by atoms with van der Waals surface area (Å²) in [5, 5.41) is 11.3. The van der Waals surface area contributed by atoms with Gasteiger partial charge in [-0.1, -0.05) is 12.1 Å². The van der Waals surface area contributed by atoms with Crippen molar-refractivity contribution in [3.63, 3.8) is 0 Å². The number of tetrazole rings is 1. The van der Waals surface area contributed by atoms with Crippen LogP contribution < -0.4 is 0 Å². The number of carbonyl (C=O) groups is 1. The van der Waals surface area contributed by atoms with Crippen LogP contribution in [-0.4, -0.2) is 49.1 Å². The van der Waals surface area contributed by atoms with Crippen LogP contribution in [0.15, 0.2) is 28.7 Å². The van der Waals surface area contributed by atoms with E-state index in [1.807, 2.05) is 36.1 Å². The first-order chi connectivity index (χ1) is 12.2. The van der Waals surface area contributed by atoms with Crippen molar-refractivity contribution in [3.8, 4) is 0 Å². The summed E-state index contributed by atoms with van der Waals surface area (Å²) in [6, 6.07) is 7.76. The number of rotatable bonds is 4. The van der Waals surface area contributed by atoms with Gasteiger partial charge < -0.3 is 9.32 Å². The highest BCUT2D eigenvalue weighted by atomic mass is 16.3. The number of hydrogen-bond donors (Lipinski definition) is 0. The number of nitrogens with zero attached hydrogens (tertiary/aromatic N) is 6. The normalized spacial score (nSPS) is 18.0. The molecule has 4 rings (SSSR count). The van der Waals surface area contributed by atoms with Crippen LogP contribution in [0.25, 0.3) is 11.1 Å². The summed E-state index contributed by atoms with van der Waals surface area (Å²) in [5.74, 6) is 1.72. The van der Waals surface area contributed by atoms with Crippen molar-refractivity contribution in [1.82, 2.24) is 30.1 Å². The average molecular weight is 340 g/mol. The Bertz CT molecular complexity index is 853. The first kappa shape index (κ1) is 15.7. The van der Waals surface area contributed by atoms with Crippen molar-refractivity contribution >= 4 is 17.0 Å². The van der Waals surface area contributed by atoms with Gasteiger partial charge in [-0.2, -0.15) is 0 Å². The van der Waals surface area contributed by atoms with E-state index in [-0.39, 0.29) is 11.8 Å². The number of carbonyl (C=O) groups excluding carboxylic acids is 1. The molecule has 0 unspecified atom stereocenters. The Hall–Kier alpha value is -2.77. The lowest BCUT2D eigenvalue weighted by molar-refractivity contribution is -0.132. The number of aryl methyl sites for hydroxylation is 2. The summed E-state index contributed by atoms with van der Waals surface area (Å²) in [6.07, 6.45) is 2.34. The molecule has 8 nitrogen and oxygen atoms in total. The van der Waals surface area contributed by atoms with Gasteiger partial charge in [-0.05, 0) is 42.3 Å². The Labute approximate surface area is 144 Å². The third-order valence-corrected chi connectivity index (χ3v) is 4.68. The van der Waals surface area contributed by atoms with Crippen molar-refractivity contribution in [1.29, 1.82) is 0 Å². The predicted molar refractivity (Wildman–Crippen MR) is 89.7 cm³/mol. The Morgan fingerprint density at radius 3 is 3.04 bits per heavy atom. The Morgan fingerprint density at radius 2 is 2.24 bits per heavy atom. The fraction of sp³-hybridized carbons (Fsp3) is 0.471. The third-order valence-electron chi connectivity index (χ3n) is 4.68. The zero-order valence-electron chi connectivity index (χ0n) is 14.1. The van der Waals surface area contributed by atoms with E-state index in [1.54, 1.807) is 4.68 Å². The highest BCUT2D eigenvalue weighted by Crippen LogP contribution is 2.29. The number of benzene rings is 1. The molecule has 3 heterocycles. The van der Waals surface area contributed by atoms with E-state index in [0.717, 1.165) is 42.2 Å². The standard InChI is InChI=1S/C17H20N6O2/c1-12-19-20-21-23(12)10-8-16(24)22-9-4-5-13(11-22)17-18-14-6-2-3-7-15(14)25-17/h2-3,6-7,13H,4-5,8-11H2,1H3/t13-/m0/s1. The number of amides is 1. The van der Waals surface area contributed by atoms with E-state index in [9.17, 15) is 4.79 Å². The molecule has 0 N–H and O–H groups in total. The fourth-order valence-electron chi connectivity index (χ4n) is 3.29. The lowest BCUT2D eigenvalue weighted by atomic mass is 9.97. The van der Waals surface area contributed by atoms with E-state index in [4.69, 9.17) is 4.42 Å². The van der Waals surface area contributed by atoms with E-state index in [0.29, 0.717) is 19.5 Å². The summed E-state index contributed by atoms with van der Waals surface area (Å²) in [6.45, 7) is 3.76. The zero-order chi connectivity index (χ0) is 17.2. The number of aromatic nitrogens is 5. The lowest BCUT2D eigenvalue weighted by Crippen LogP contribution is -2.39. The molecular formula is C17H20N6O2.